The van der Waals surface area contributed by atoms with Crippen LogP contribution in [0.1, 0.15) is 46.5 Å². The van der Waals surface area contributed by atoms with Gasteiger partial charge in [0, 0.05) is 29.1 Å². The van der Waals surface area contributed by atoms with E-state index in [9.17, 15) is 38.6 Å². The first kappa shape index (κ1) is 34.3. The number of fused-ring (bicyclic) bond motifs is 1. The maximum absolute atomic E-state index is 13.3. The first-order valence-corrected chi connectivity index (χ1v) is 16.6. The third kappa shape index (κ3) is 10.2. The Morgan fingerprint density at radius 2 is 1.82 bits per heavy atom. The van der Waals surface area contributed by atoms with E-state index in [2.05, 4.69) is 23.7 Å². The van der Waals surface area contributed by atoms with Gasteiger partial charge in [-0.2, -0.15) is 14.7 Å². The zero-order valence-electron chi connectivity index (χ0n) is 22.7. The molecular weight excluding hydrogens is 586 g/mol. The molecule has 0 saturated heterocycles. The highest BCUT2D eigenvalue weighted by Gasteiger charge is 2.55. The minimum Gasteiger partial charge on any atom is -0.449 e. The third-order valence-electron chi connectivity index (χ3n) is 6.28. The van der Waals surface area contributed by atoms with Gasteiger partial charge in [-0.25, -0.2) is 4.79 Å². The summed E-state index contributed by atoms with van der Waals surface area (Å²) in [5.74, 6) is -0.968. The third-order valence-corrected chi connectivity index (χ3v) is 9.90. The minimum absolute atomic E-state index is 0.0317. The lowest BCUT2D eigenvalue weighted by molar-refractivity contribution is -0.121. The van der Waals surface area contributed by atoms with Gasteiger partial charge in [-0.3, -0.25) is 19.2 Å². The number of hydrogen-bond donors (Lipinski definition) is 6. The van der Waals surface area contributed by atoms with Crippen molar-refractivity contribution in [3.8, 4) is 0 Å². The smallest absolute Gasteiger partial charge is 0.441 e. The van der Waals surface area contributed by atoms with Gasteiger partial charge in [0.1, 0.15) is 0 Å². The van der Waals surface area contributed by atoms with E-state index < -0.39 is 33.1 Å². The maximum Gasteiger partial charge on any atom is 0.441 e. The Balaban J connectivity index is 2.12. The number of benzene rings is 1. The summed E-state index contributed by atoms with van der Waals surface area (Å²) in [7, 11) is -10.3. The number of nitrogens with zero attached hydrogens (tertiary/aromatic N) is 3. The largest absolute Gasteiger partial charge is 0.449 e. The van der Waals surface area contributed by atoms with Crippen molar-refractivity contribution in [3.05, 3.63) is 35.5 Å². The number of nitrogens with one attached hydrogen (secondary N) is 1. The molecule has 6 N–H and O–H groups in total. The number of aromatic nitrogens is 1. The molecule has 2 unspecified atom stereocenters. The number of pyridine rings is 1. The number of rotatable bonds is 15. The molecule has 0 radical (unpaired) electrons. The molecule has 16 heteroatoms. The average molecular weight is 624 g/mol. The second-order valence-electron chi connectivity index (χ2n) is 9.24. The fourth-order valence-corrected chi connectivity index (χ4v) is 6.57. The zero-order chi connectivity index (χ0) is 30.1. The highest BCUT2D eigenvalue weighted by atomic mass is 35.5. The summed E-state index contributed by atoms with van der Waals surface area (Å²) in [6.07, 6.45) is 2.05. The molecule has 0 spiro atoms. The molecule has 2 rings (SSSR count). The predicted molar refractivity (Wildman–Crippen MR) is 154 cm³/mol. The minimum atomic E-state index is -5.25. The summed E-state index contributed by atoms with van der Waals surface area (Å²) >= 11 is 6.13. The molecule has 40 heavy (non-hydrogen) atoms. The van der Waals surface area contributed by atoms with Crippen LogP contribution in [0.4, 0.5) is 10.5 Å². The number of halogens is 1. The summed E-state index contributed by atoms with van der Waals surface area (Å²) in [5.41, 5.74) is -1.35. The Bertz CT molecular complexity index is 1190. The molecule has 1 aromatic carbocycles. The predicted octanol–water partition coefficient (Wildman–Crippen LogP) is 3.44. The van der Waals surface area contributed by atoms with Crippen molar-refractivity contribution < 1.29 is 43.4 Å². The van der Waals surface area contributed by atoms with Gasteiger partial charge < -0.3 is 24.7 Å². The maximum atomic E-state index is 13.3. The van der Waals surface area contributed by atoms with Crippen molar-refractivity contribution in [3.63, 3.8) is 0 Å². The molecule has 0 bridgehead atoms. The molecule has 1 aromatic heterocycles. The molecule has 2 atom stereocenters. The number of amides is 2. The van der Waals surface area contributed by atoms with Gasteiger partial charge in [0.15, 0.2) is 0 Å². The summed E-state index contributed by atoms with van der Waals surface area (Å²) in [4.78, 5) is 79.8. The van der Waals surface area contributed by atoms with Crippen molar-refractivity contribution >= 4 is 55.7 Å². The van der Waals surface area contributed by atoms with Gasteiger partial charge in [0.05, 0.1) is 17.8 Å². The van der Waals surface area contributed by atoms with E-state index in [1.165, 1.54) is 4.90 Å². The highest BCUT2D eigenvalue weighted by Crippen LogP contribution is 2.63. The molecule has 13 nitrogen and oxygen atoms in total. The Morgan fingerprint density at radius 1 is 1.15 bits per heavy atom. The van der Waals surface area contributed by atoms with Crippen LogP contribution in [0.15, 0.2) is 30.5 Å². The zero-order valence-corrected chi connectivity index (χ0v) is 25.2. The van der Waals surface area contributed by atoms with Crippen LogP contribution in [0, 0.1) is 0 Å². The van der Waals surface area contributed by atoms with Gasteiger partial charge in [0.2, 0.25) is 5.91 Å². The topological polar surface area (TPSA) is 193 Å². The van der Waals surface area contributed by atoms with Crippen LogP contribution in [0.25, 0.3) is 10.9 Å². The van der Waals surface area contributed by atoms with E-state index in [0.29, 0.717) is 28.0 Å². The molecule has 1 heterocycles. The Morgan fingerprint density at radius 3 is 2.42 bits per heavy atom. The number of carbonyl (C=O) groups excluding carboxylic acids is 2. The van der Waals surface area contributed by atoms with Crippen LogP contribution in [-0.2, 0) is 14.1 Å². The van der Waals surface area contributed by atoms with Gasteiger partial charge in [-0.15, -0.1) is 0 Å². The molecule has 0 aliphatic carbocycles. The lowest BCUT2D eigenvalue weighted by Gasteiger charge is -2.30. The quantitative estimate of drug-likeness (QED) is 0.126. The van der Waals surface area contributed by atoms with Crippen LogP contribution in [0.5, 0.6) is 0 Å². The van der Waals surface area contributed by atoms with Gasteiger partial charge in [0.25, 0.3) is 0 Å². The van der Waals surface area contributed by atoms with Crippen molar-refractivity contribution in [1.29, 1.82) is 0 Å². The lowest BCUT2D eigenvalue weighted by Crippen LogP contribution is -2.40. The van der Waals surface area contributed by atoms with E-state index >= 15 is 0 Å². The number of anilines is 1. The number of carbonyl (C=O) groups is 2. The average Bonchev–Trinajstić information content (AvgIpc) is 2.86. The SMILES string of the molecule is CCN(CC)CCCC(C)N(C(=O)OCCCC(=O)NC(P(=O)(O)O)[P+](O)(O)O)c1ccnc2cc(Cl)ccc12. The van der Waals surface area contributed by atoms with Crippen molar-refractivity contribution in [2.24, 2.45) is 0 Å². The van der Waals surface area contributed by atoms with Gasteiger partial charge >= 0.3 is 27.2 Å². The Labute approximate surface area is 238 Å². The molecule has 0 aliphatic rings. The standard InChI is InChI=1S/C24H37ClN4O9P2/c1-4-28(5-2)14-6-8-17(3)29(21-12-13-26-20-16-18(25)10-11-19(20)21)24(31)38-15-7-9-22(30)27-23(39(32,33)34)40(35,36)37/h10-13,16-17,23,32-34H,4-9,14-15H2,1-3H3,(H2-,27,30,35,36,37)/p+1. The van der Waals surface area contributed by atoms with E-state index in [4.69, 9.17) is 16.3 Å². The molecule has 224 valence electrons. The van der Waals surface area contributed by atoms with Crippen molar-refractivity contribution in [2.45, 2.75) is 58.0 Å². The van der Waals surface area contributed by atoms with Crippen molar-refractivity contribution in [2.75, 3.05) is 31.1 Å². The second kappa shape index (κ2) is 15.3. The van der Waals surface area contributed by atoms with Gasteiger partial charge in [-0.1, -0.05) is 25.4 Å². The summed E-state index contributed by atoms with van der Waals surface area (Å²) in [6.45, 7) is 8.60. The second-order valence-corrected chi connectivity index (χ2v) is 13.5. The Hall–Kier alpha value is -1.92. The first-order chi connectivity index (χ1) is 18.7. The summed E-state index contributed by atoms with van der Waals surface area (Å²) in [5, 5.41) is 2.94. The van der Waals surface area contributed by atoms with E-state index in [-0.39, 0.29) is 25.5 Å². The van der Waals surface area contributed by atoms with E-state index in [1.54, 1.807) is 35.8 Å². The Kier molecular flexibility index (Phi) is 13.2. The fourth-order valence-electron chi connectivity index (χ4n) is 4.16. The monoisotopic (exact) mass is 623 g/mol. The van der Waals surface area contributed by atoms with Gasteiger partial charge in [-0.05, 0) is 70.1 Å². The van der Waals surface area contributed by atoms with Crippen LogP contribution in [0.2, 0.25) is 5.02 Å². The van der Waals surface area contributed by atoms with Crippen LogP contribution >= 0.6 is 27.1 Å². The number of ether oxygens (including phenoxy) is 1. The molecule has 0 fully saturated rings. The molecule has 2 amide bonds. The molecule has 0 aliphatic heterocycles. The summed E-state index contributed by atoms with van der Waals surface area (Å²) < 4.78 is 16.9. The first-order valence-electron chi connectivity index (χ1n) is 12.8. The van der Waals surface area contributed by atoms with Crippen LogP contribution in [-0.4, -0.2) is 84.2 Å². The summed E-state index contributed by atoms with van der Waals surface area (Å²) in [6, 6.07) is 6.63. The van der Waals surface area contributed by atoms with E-state index in [1.807, 2.05) is 6.92 Å². The normalized spacial score (nSPS) is 13.8. The van der Waals surface area contributed by atoms with Crippen molar-refractivity contribution in [1.82, 2.24) is 15.2 Å². The number of hydrogen-bond acceptors (Lipinski definition) is 9. The van der Waals surface area contributed by atoms with E-state index in [0.717, 1.165) is 26.1 Å². The van der Waals surface area contributed by atoms with Crippen LogP contribution < -0.4 is 10.2 Å². The highest BCUT2D eigenvalue weighted by molar-refractivity contribution is 7.74. The molecule has 0 saturated carbocycles. The lowest BCUT2D eigenvalue weighted by atomic mass is 10.1. The fraction of sp³-hybridized carbons (Fsp3) is 0.542. The molecular formula is C24H38ClN4O9P2+. The van der Waals surface area contributed by atoms with Crippen LogP contribution in [0.3, 0.4) is 0 Å². The molecule has 2 aromatic rings.